The number of unbranched alkanes of at least 4 members (excludes halogenated alkanes) is 1. The Morgan fingerprint density at radius 1 is 1.34 bits per heavy atom. The number of anilines is 1. The van der Waals surface area contributed by atoms with Gasteiger partial charge in [0.1, 0.15) is 6.04 Å². The molecule has 0 aromatic heterocycles. The Morgan fingerprint density at radius 2 is 2.10 bits per heavy atom. The van der Waals surface area contributed by atoms with E-state index in [9.17, 15) is 27.6 Å². The molecular formula is C19H24F3N3O4. The molecule has 7 nitrogen and oxygen atoms in total. The van der Waals surface area contributed by atoms with Crippen LogP contribution in [0.3, 0.4) is 0 Å². The third-order valence-corrected chi connectivity index (χ3v) is 4.38. The number of hydrogen-bond acceptors (Lipinski definition) is 5. The maximum atomic E-state index is 12.8. The number of carbonyl (C=O) groups excluding carboxylic acids is 3. The average Bonchev–Trinajstić information content (AvgIpc) is 2.64. The van der Waals surface area contributed by atoms with E-state index < -0.39 is 35.6 Å². The largest absolute Gasteiger partial charge is 0.466 e. The maximum Gasteiger partial charge on any atom is 0.416 e. The lowest BCUT2D eigenvalue weighted by Crippen LogP contribution is -2.57. The van der Waals surface area contributed by atoms with Crippen LogP contribution in [0.15, 0.2) is 24.3 Å². The van der Waals surface area contributed by atoms with Crippen molar-refractivity contribution >= 4 is 23.5 Å². The molecule has 10 heteroatoms. The number of nitrogens with zero attached hydrogens (tertiary/aromatic N) is 1. The molecule has 1 aliphatic rings. The van der Waals surface area contributed by atoms with Crippen molar-refractivity contribution < 1.29 is 32.3 Å². The van der Waals surface area contributed by atoms with Crippen LogP contribution in [0.5, 0.6) is 0 Å². The Bertz CT molecular complexity index is 740. The van der Waals surface area contributed by atoms with E-state index >= 15 is 0 Å². The van der Waals surface area contributed by atoms with Gasteiger partial charge < -0.3 is 15.4 Å². The molecule has 0 spiro atoms. The van der Waals surface area contributed by atoms with Crippen molar-refractivity contribution in [2.75, 3.05) is 31.6 Å². The van der Waals surface area contributed by atoms with E-state index in [1.165, 1.54) is 17.0 Å². The summed E-state index contributed by atoms with van der Waals surface area (Å²) in [5.41, 5.74) is -0.873. The number of halogens is 3. The molecule has 0 bridgehead atoms. The molecule has 0 aliphatic carbocycles. The zero-order valence-electron chi connectivity index (χ0n) is 16.1. The summed E-state index contributed by atoms with van der Waals surface area (Å²) < 4.78 is 43.5. The lowest BCUT2D eigenvalue weighted by molar-refractivity contribution is -0.149. The van der Waals surface area contributed by atoms with Gasteiger partial charge in [-0.1, -0.05) is 19.4 Å². The summed E-state index contributed by atoms with van der Waals surface area (Å²) in [7, 11) is 0. The molecule has 1 aliphatic heterocycles. The molecule has 1 aromatic rings. The number of rotatable bonds is 8. The fourth-order valence-electron chi connectivity index (χ4n) is 2.88. The molecule has 2 amide bonds. The van der Waals surface area contributed by atoms with Crippen LogP contribution in [-0.4, -0.2) is 55.0 Å². The number of carbonyl (C=O) groups is 3. The minimum Gasteiger partial charge on any atom is -0.466 e. The van der Waals surface area contributed by atoms with Gasteiger partial charge in [0, 0.05) is 18.8 Å². The summed E-state index contributed by atoms with van der Waals surface area (Å²) >= 11 is 0. The first-order valence-electron chi connectivity index (χ1n) is 9.35. The average molecular weight is 415 g/mol. The fourth-order valence-corrected chi connectivity index (χ4v) is 2.88. The minimum atomic E-state index is -4.52. The van der Waals surface area contributed by atoms with Gasteiger partial charge in [-0.25, -0.2) is 0 Å². The van der Waals surface area contributed by atoms with Crippen molar-refractivity contribution in [1.82, 2.24) is 10.2 Å². The van der Waals surface area contributed by atoms with Crippen LogP contribution in [0.2, 0.25) is 0 Å². The molecule has 2 rings (SSSR count). The lowest BCUT2D eigenvalue weighted by atomic mass is 10.1. The van der Waals surface area contributed by atoms with E-state index in [4.69, 9.17) is 4.74 Å². The van der Waals surface area contributed by atoms with Crippen LogP contribution in [-0.2, 0) is 25.3 Å². The second-order valence-corrected chi connectivity index (χ2v) is 6.68. The minimum absolute atomic E-state index is 0.00168. The monoisotopic (exact) mass is 415 g/mol. The molecule has 1 fully saturated rings. The van der Waals surface area contributed by atoms with Gasteiger partial charge >= 0.3 is 12.1 Å². The van der Waals surface area contributed by atoms with Gasteiger partial charge in [0.05, 0.1) is 25.1 Å². The molecule has 0 radical (unpaired) electrons. The molecule has 1 atom stereocenters. The summed E-state index contributed by atoms with van der Waals surface area (Å²) in [6.07, 6.45) is -3.15. The molecule has 2 N–H and O–H groups in total. The van der Waals surface area contributed by atoms with Crippen molar-refractivity contribution in [3.63, 3.8) is 0 Å². The highest BCUT2D eigenvalue weighted by molar-refractivity contribution is 5.93. The van der Waals surface area contributed by atoms with E-state index in [1.54, 1.807) is 0 Å². The first-order chi connectivity index (χ1) is 13.7. The molecule has 1 unspecified atom stereocenters. The molecule has 1 heterocycles. The number of alkyl halides is 3. The SMILES string of the molecule is CCCCOC(=O)CC1C(=O)NCCN1CC(=O)Nc1cccc(C(F)(F)F)c1. The number of piperazine rings is 1. The van der Waals surface area contributed by atoms with Crippen molar-refractivity contribution in [2.45, 2.75) is 38.4 Å². The summed E-state index contributed by atoms with van der Waals surface area (Å²) in [4.78, 5) is 37.9. The number of benzene rings is 1. The van der Waals surface area contributed by atoms with Crippen LogP contribution < -0.4 is 10.6 Å². The molecule has 0 saturated carbocycles. The van der Waals surface area contributed by atoms with Gasteiger partial charge in [0.25, 0.3) is 0 Å². The van der Waals surface area contributed by atoms with Crippen LogP contribution in [0.1, 0.15) is 31.7 Å². The van der Waals surface area contributed by atoms with E-state index in [1.807, 2.05) is 6.92 Å². The topological polar surface area (TPSA) is 87.7 Å². The van der Waals surface area contributed by atoms with Gasteiger partial charge in [-0.05, 0) is 24.6 Å². The van der Waals surface area contributed by atoms with E-state index in [2.05, 4.69) is 10.6 Å². The Labute approximate surface area is 166 Å². The smallest absolute Gasteiger partial charge is 0.416 e. The van der Waals surface area contributed by atoms with Gasteiger partial charge in [0.2, 0.25) is 11.8 Å². The zero-order valence-corrected chi connectivity index (χ0v) is 16.1. The zero-order chi connectivity index (χ0) is 21.4. The molecule has 1 aromatic carbocycles. The number of esters is 1. The number of hydrogen-bond donors (Lipinski definition) is 2. The first kappa shape index (κ1) is 22.7. The molecule has 29 heavy (non-hydrogen) atoms. The van der Waals surface area contributed by atoms with Crippen LogP contribution >= 0.6 is 0 Å². The standard InChI is InChI=1S/C19H24F3N3O4/c1-2-3-9-29-17(27)11-15-18(28)23-7-8-25(15)12-16(26)24-14-6-4-5-13(10-14)19(20,21)22/h4-6,10,15H,2-3,7-9,11-12H2,1H3,(H,23,28)(H,24,26). The lowest BCUT2D eigenvalue weighted by Gasteiger charge is -2.33. The van der Waals surface area contributed by atoms with E-state index in [0.717, 1.165) is 18.6 Å². The quantitative estimate of drug-likeness (QED) is 0.502. The van der Waals surface area contributed by atoms with Gasteiger partial charge in [-0.3, -0.25) is 19.3 Å². The predicted molar refractivity (Wildman–Crippen MR) is 98.9 cm³/mol. The number of ether oxygens (including phenoxy) is 1. The fraction of sp³-hybridized carbons (Fsp3) is 0.526. The Morgan fingerprint density at radius 3 is 2.79 bits per heavy atom. The number of nitrogens with one attached hydrogen (secondary N) is 2. The van der Waals surface area contributed by atoms with E-state index in [0.29, 0.717) is 19.5 Å². The second-order valence-electron chi connectivity index (χ2n) is 6.68. The molecular weight excluding hydrogens is 391 g/mol. The summed E-state index contributed by atoms with van der Waals surface area (Å²) in [6.45, 7) is 2.61. The van der Waals surface area contributed by atoms with Crippen molar-refractivity contribution in [3.05, 3.63) is 29.8 Å². The summed E-state index contributed by atoms with van der Waals surface area (Å²) in [5.74, 6) is -1.51. The third-order valence-electron chi connectivity index (χ3n) is 4.38. The Hall–Kier alpha value is -2.62. The highest BCUT2D eigenvalue weighted by Gasteiger charge is 2.33. The highest BCUT2D eigenvalue weighted by Crippen LogP contribution is 2.30. The van der Waals surface area contributed by atoms with E-state index in [-0.39, 0.29) is 25.3 Å². The second kappa shape index (κ2) is 10.2. The summed E-state index contributed by atoms with van der Waals surface area (Å²) in [5, 5.41) is 5.04. The van der Waals surface area contributed by atoms with Crippen LogP contribution in [0.4, 0.5) is 18.9 Å². The van der Waals surface area contributed by atoms with Crippen LogP contribution in [0.25, 0.3) is 0 Å². The van der Waals surface area contributed by atoms with Crippen LogP contribution in [0, 0.1) is 0 Å². The normalized spacial score (nSPS) is 17.5. The van der Waals surface area contributed by atoms with Gasteiger partial charge in [-0.2, -0.15) is 13.2 Å². The maximum absolute atomic E-state index is 12.8. The molecule has 160 valence electrons. The Kier molecular flexibility index (Phi) is 8.00. The van der Waals surface area contributed by atoms with Gasteiger partial charge in [0.15, 0.2) is 0 Å². The van der Waals surface area contributed by atoms with Crippen molar-refractivity contribution in [1.29, 1.82) is 0 Å². The van der Waals surface area contributed by atoms with Crippen molar-refractivity contribution in [2.24, 2.45) is 0 Å². The predicted octanol–water partition coefficient (Wildman–Crippen LogP) is 2.18. The Balaban J connectivity index is 1.97. The summed E-state index contributed by atoms with van der Waals surface area (Å²) in [6, 6.07) is 3.42. The highest BCUT2D eigenvalue weighted by atomic mass is 19.4. The van der Waals surface area contributed by atoms with Crippen molar-refractivity contribution in [3.8, 4) is 0 Å². The van der Waals surface area contributed by atoms with Gasteiger partial charge in [-0.15, -0.1) is 0 Å². The first-order valence-corrected chi connectivity index (χ1v) is 9.35. The number of amides is 2. The molecule has 1 saturated heterocycles. The third kappa shape index (κ3) is 7.04.